The van der Waals surface area contributed by atoms with E-state index in [1.54, 1.807) is 24.3 Å². The van der Waals surface area contributed by atoms with Crippen LogP contribution in [0, 0.1) is 0 Å². The highest BCUT2D eigenvalue weighted by atomic mass is 79.9. The zero-order valence-corrected chi connectivity index (χ0v) is 17.6. The number of nitrogens with one attached hydrogen (secondary N) is 1. The van der Waals surface area contributed by atoms with Crippen LogP contribution in [0.1, 0.15) is 23.4 Å². The number of fused-ring (bicyclic) bond motifs is 1. The standard InChI is InChI=1S/C17H18BrN3O4S2/c18-11-3-5-12(6-4-11)27(23,24)21-8-7-13-15(10-21)26-17(19-13)20-16(22)14-2-1-9-25-14/h3-6,14H,1-2,7-10H2,(H,19,20,22). The lowest BCUT2D eigenvalue weighted by Gasteiger charge is -2.25. The van der Waals surface area contributed by atoms with Crippen molar-refractivity contribution in [2.75, 3.05) is 18.5 Å². The van der Waals surface area contributed by atoms with Gasteiger partial charge in [-0.25, -0.2) is 13.4 Å². The number of hydrogen-bond donors (Lipinski definition) is 1. The molecule has 1 aromatic carbocycles. The fraction of sp³-hybridized carbons (Fsp3) is 0.412. The first-order valence-electron chi connectivity index (χ1n) is 8.60. The molecule has 1 saturated heterocycles. The monoisotopic (exact) mass is 471 g/mol. The van der Waals surface area contributed by atoms with Crippen molar-refractivity contribution >= 4 is 48.3 Å². The Balaban J connectivity index is 1.49. The summed E-state index contributed by atoms with van der Waals surface area (Å²) < 4.78 is 33.4. The van der Waals surface area contributed by atoms with Crippen molar-refractivity contribution in [3.63, 3.8) is 0 Å². The second-order valence-electron chi connectivity index (χ2n) is 6.42. The molecule has 10 heteroatoms. The highest BCUT2D eigenvalue weighted by molar-refractivity contribution is 9.10. The maximum absolute atomic E-state index is 12.9. The lowest BCUT2D eigenvalue weighted by atomic mass is 10.2. The van der Waals surface area contributed by atoms with Gasteiger partial charge in [0.1, 0.15) is 6.10 Å². The number of nitrogens with zero attached hydrogens (tertiary/aromatic N) is 2. The number of amides is 1. The van der Waals surface area contributed by atoms with Gasteiger partial charge < -0.3 is 4.74 Å². The number of carbonyl (C=O) groups excluding carboxylic acids is 1. The molecule has 1 atom stereocenters. The first kappa shape index (κ1) is 19.0. The van der Waals surface area contributed by atoms with E-state index in [1.807, 2.05) is 0 Å². The Bertz CT molecular complexity index is 953. The van der Waals surface area contributed by atoms with Gasteiger partial charge in [-0.3, -0.25) is 10.1 Å². The summed E-state index contributed by atoms with van der Waals surface area (Å²) in [7, 11) is -3.56. The topological polar surface area (TPSA) is 88.6 Å². The van der Waals surface area contributed by atoms with Crippen LogP contribution < -0.4 is 5.32 Å². The van der Waals surface area contributed by atoms with E-state index in [1.165, 1.54) is 15.6 Å². The zero-order valence-electron chi connectivity index (χ0n) is 14.4. The summed E-state index contributed by atoms with van der Waals surface area (Å²) in [6.07, 6.45) is 1.71. The second-order valence-corrected chi connectivity index (χ2v) is 10.4. The van der Waals surface area contributed by atoms with Crippen LogP contribution in [0.3, 0.4) is 0 Å². The van der Waals surface area contributed by atoms with E-state index in [0.29, 0.717) is 24.7 Å². The predicted molar refractivity (Wildman–Crippen MR) is 105 cm³/mol. The Morgan fingerprint density at radius 3 is 2.81 bits per heavy atom. The van der Waals surface area contributed by atoms with Crippen LogP contribution in [0.2, 0.25) is 0 Å². The number of carbonyl (C=O) groups is 1. The maximum atomic E-state index is 12.9. The Labute approximate surface area is 169 Å². The van der Waals surface area contributed by atoms with E-state index in [2.05, 4.69) is 26.2 Å². The Hall–Kier alpha value is -1.33. The van der Waals surface area contributed by atoms with Crippen LogP contribution >= 0.6 is 27.3 Å². The quantitative estimate of drug-likeness (QED) is 0.740. The van der Waals surface area contributed by atoms with Crippen molar-refractivity contribution < 1.29 is 17.9 Å². The molecule has 1 amide bonds. The first-order valence-corrected chi connectivity index (χ1v) is 11.7. The molecule has 0 spiro atoms. The molecule has 27 heavy (non-hydrogen) atoms. The average molecular weight is 472 g/mol. The van der Waals surface area contributed by atoms with Crippen LogP contribution in [0.4, 0.5) is 5.13 Å². The number of anilines is 1. The van der Waals surface area contributed by atoms with Gasteiger partial charge >= 0.3 is 0 Å². The number of ether oxygens (including phenoxy) is 1. The number of sulfonamides is 1. The molecule has 2 aliphatic heterocycles. The van der Waals surface area contributed by atoms with Gasteiger partial charge in [0.2, 0.25) is 10.0 Å². The van der Waals surface area contributed by atoms with Crippen molar-refractivity contribution in [3.05, 3.63) is 39.3 Å². The van der Waals surface area contributed by atoms with E-state index >= 15 is 0 Å². The fourth-order valence-corrected chi connectivity index (χ4v) is 5.94. The van der Waals surface area contributed by atoms with Gasteiger partial charge in [0, 0.05) is 28.9 Å². The maximum Gasteiger partial charge on any atom is 0.255 e. The van der Waals surface area contributed by atoms with Crippen LogP contribution in [0.5, 0.6) is 0 Å². The molecule has 7 nitrogen and oxygen atoms in total. The minimum atomic E-state index is -3.56. The molecule has 2 aromatic rings. The van der Waals surface area contributed by atoms with E-state index < -0.39 is 16.1 Å². The SMILES string of the molecule is O=C(Nc1nc2c(s1)CN(S(=O)(=O)c1ccc(Br)cc1)CC2)C1CCCO1. The van der Waals surface area contributed by atoms with E-state index in [9.17, 15) is 13.2 Å². The molecule has 0 bridgehead atoms. The molecule has 144 valence electrons. The Kier molecular flexibility index (Phi) is 5.34. The molecular formula is C17H18BrN3O4S2. The summed E-state index contributed by atoms with van der Waals surface area (Å²) in [5.41, 5.74) is 0.852. The minimum absolute atomic E-state index is 0.182. The number of thiazole rings is 1. The van der Waals surface area contributed by atoms with E-state index in [4.69, 9.17) is 4.74 Å². The average Bonchev–Trinajstić information content (AvgIpc) is 3.30. The Morgan fingerprint density at radius 1 is 1.33 bits per heavy atom. The summed E-state index contributed by atoms with van der Waals surface area (Å²) in [5.74, 6) is -0.182. The molecule has 2 aliphatic rings. The molecule has 0 radical (unpaired) electrons. The smallest absolute Gasteiger partial charge is 0.255 e. The van der Waals surface area contributed by atoms with Gasteiger partial charge in [0.15, 0.2) is 5.13 Å². The number of halogens is 1. The minimum Gasteiger partial charge on any atom is -0.368 e. The molecule has 1 fully saturated rings. The van der Waals surface area contributed by atoms with Gasteiger partial charge in [0.05, 0.1) is 17.1 Å². The first-order chi connectivity index (χ1) is 12.9. The summed E-state index contributed by atoms with van der Waals surface area (Å²) in [6.45, 7) is 1.24. The second kappa shape index (κ2) is 7.59. The third-order valence-corrected chi connectivity index (χ3v) is 7.99. The third kappa shape index (κ3) is 3.95. The zero-order chi connectivity index (χ0) is 19.0. The molecule has 1 N–H and O–H groups in total. The molecule has 0 saturated carbocycles. The van der Waals surface area contributed by atoms with Crippen LogP contribution in [0.25, 0.3) is 0 Å². The van der Waals surface area contributed by atoms with Crippen LogP contribution in [-0.4, -0.2) is 42.9 Å². The summed E-state index contributed by atoms with van der Waals surface area (Å²) in [6, 6.07) is 6.62. The van der Waals surface area contributed by atoms with E-state index in [0.717, 1.165) is 27.9 Å². The van der Waals surface area contributed by atoms with Crippen molar-refractivity contribution in [3.8, 4) is 0 Å². The Morgan fingerprint density at radius 2 is 2.11 bits per heavy atom. The largest absolute Gasteiger partial charge is 0.368 e. The summed E-state index contributed by atoms with van der Waals surface area (Å²) in [5, 5.41) is 3.31. The van der Waals surface area contributed by atoms with Gasteiger partial charge in [-0.2, -0.15) is 4.31 Å². The van der Waals surface area contributed by atoms with Crippen molar-refractivity contribution in [2.45, 2.75) is 36.8 Å². The van der Waals surface area contributed by atoms with Crippen molar-refractivity contribution in [2.24, 2.45) is 0 Å². The number of benzene rings is 1. The van der Waals surface area contributed by atoms with Gasteiger partial charge in [0.25, 0.3) is 5.91 Å². The lowest BCUT2D eigenvalue weighted by molar-refractivity contribution is -0.124. The molecular weight excluding hydrogens is 454 g/mol. The third-order valence-electron chi connectivity index (χ3n) is 4.60. The molecule has 3 heterocycles. The van der Waals surface area contributed by atoms with E-state index in [-0.39, 0.29) is 17.3 Å². The number of rotatable bonds is 4. The molecule has 0 aliphatic carbocycles. The van der Waals surface area contributed by atoms with Crippen LogP contribution in [0.15, 0.2) is 33.6 Å². The molecule has 4 rings (SSSR count). The van der Waals surface area contributed by atoms with Gasteiger partial charge in [-0.1, -0.05) is 15.9 Å². The van der Waals surface area contributed by atoms with Gasteiger partial charge in [-0.15, -0.1) is 11.3 Å². The van der Waals surface area contributed by atoms with Crippen molar-refractivity contribution in [1.82, 2.24) is 9.29 Å². The van der Waals surface area contributed by atoms with Crippen molar-refractivity contribution in [1.29, 1.82) is 0 Å². The molecule has 1 unspecified atom stereocenters. The highest BCUT2D eigenvalue weighted by Gasteiger charge is 2.31. The predicted octanol–water partition coefficient (Wildman–Crippen LogP) is 2.77. The number of aromatic nitrogens is 1. The molecule has 1 aromatic heterocycles. The highest BCUT2D eigenvalue weighted by Crippen LogP contribution is 2.31. The summed E-state index contributed by atoms with van der Waals surface area (Å²) >= 11 is 4.65. The van der Waals surface area contributed by atoms with Gasteiger partial charge in [-0.05, 0) is 37.1 Å². The lowest BCUT2D eigenvalue weighted by Crippen LogP contribution is -2.35. The normalized spacial score (nSPS) is 20.4. The van der Waals surface area contributed by atoms with Crippen LogP contribution in [-0.2, 0) is 32.5 Å². The number of hydrogen-bond acceptors (Lipinski definition) is 6. The fourth-order valence-electron chi connectivity index (χ4n) is 3.16. The summed E-state index contributed by atoms with van der Waals surface area (Å²) in [4.78, 5) is 17.8.